The molecule has 20 heavy (non-hydrogen) atoms. The van der Waals surface area contributed by atoms with Crippen LogP contribution in [0.15, 0.2) is 30.3 Å². The molecule has 1 aromatic carbocycles. The lowest BCUT2D eigenvalue weighted by atomic mass is 9.98. The third kappa shape index (κ3) is 3.54. The Morgan fingerprint density at radius 1 is 1.25 bits per heavy atom. The molecule has 1 unspecified atom stereocenters. The minimum absolute atomic E-state index is 0.318. The number of aryl methyl sites for hydroxylation is 2. The fourth-order valence-electron chi connectivity index (χ4n) is 2.10. The van der Waals surface area contributed by atoms with Crippen LogP contribution in [0.5, 0.6) is 0 Å². The maximum atomic E-state index is 11.5. The Bertz CT molecular complexity index is 623. The summed E-state index contributed by atoms with van der Waals surface area (Å²) in [7, 11) is 0. The third-order valence-electron chi connectivity index (χ3n) is 2.94. The number of carbonyl (C=O) groups is 1. The summed E-state index contributed by atoms with van der Waals surface area (Å²) in [5.74, 6) is -1.36. The van der Waals surface area contributed by atoms with E-state index in [2.05, 4.69) is 9.97 Å². The van der Waals surface area contributed by atoms with Crippen LogP contribution in [0.4, 0.5) is 0 Å². The van der Waals surface area contributed by atoms with Gasteiger partial charge in [-0.25, -0.2) is 9.97 Å². The van der Waals surface area contributed by atoms with Crippen LogP contribution >= 0.6 is 11.6 Å². The number of rotatable bonds is 4. The Labute approximate surface area is 122 Å². The van der Waals surface area contributed by atoms with Crippen molar-refractivity contribution in [3.63, 3.8) is 0 Å². The molecule has 0 saturated heterocycles. The van der Waals surface area contributed by atoms with E-state index >= 15 is 0 Å². The first kappa shape index (κ1) is 14.5. The highest BCUT2D eigenvalue weighted by atomic mass is 35.5. The van der Waals surface area contributed by atoms with Crippen LogP contribution < -0.4 is 0 Å². The van der Waals surface area contributed by atoms with Gasteiger partial charge < -0.3 is 5.11 Å². The van der Waals surface area contributed by atoms with Crippen molar-refractivity contribution in [2.75, 3.05) is 0 Å². The highest BCUT2D eigenvalue weighted by Gasteiger charge is 2.24. The summed E-state index contributed by atoms with van der Waals surface area (Å²) in [4.78, 5) is 20.0. The molecule has 1 atom stereocenters. The molecule has 104 valence electrons. The Hall–Kier alpha value is -1.94. The Kier molecular flexibility index (Phi) is 4.35. The van der Waals surface area contributed by atoms with E-state index in [9.17, 15) is 9.90 Å². The second-order valence-corrected chi connectivity index (χ2v) is 5.17. The summed E-state index contributed by atoms with van der Waals surface area (Å²) < 4.78 is 0. The van der Waals surface area contributed by atoms with Gasteiger partial charge >= 0.3 is 5.97 Å². The first-order valence-corrected chi connectivity index (χ1v) is 6.63. The molecule has 1 aromatic heterocycles. The number of hydrogen-bond acceptors (Lipinski definition) is 3. The molecular weight excluding hydrogens is 276 g/mol. The lowest BCUT2D eigenvalue weighted by Crippen LogP contribution is -2.18. The summed E-state index contributed by atoms with van der Waals surface area (Å²) in [6.07, 6.45) is 0.318. The largest absolute Gasteiger partial charge is 0.481 e. The zero-order valence-corrected chi connectivity index (χ0v) is 12.1. The number of hydrogen-bond donors (Lipinski definition) is 1. The molecule has 1 heterocycles. The van der Waals surface area contributed by atoms with Crippen molar-refractivity contribution in [2.24, 2.45) is 0 Å². The van der Waals surface area contributed by atoms with E-state index in [1.165, 1.54) is 0 Å². The van der Waals surface area contributed by atoms with Crippen LogP contribution in [0, 0.1) is 13.8 Å². The molecule has 5 heteroatoms. The number of aliphatic carboxylic acids is 1. The van der Waals surface area contributed by atoms with Gasteiger partial charge in [-0.3, -0.25) is 4.79 Å². The van der Waals surface area contributed by atoms with Gasteiger partial charge in [0.15, 0.2) is 0 Å². The van der Waals surface area contributed by atoms with Crippen LogP contribution in [0.3, 0.4) is 0 Å². The number of aromatic nitrogens is 2. The molecule has 2 rings (SSSR count). The van der Waals surface area contributed by atoms with Crippen molar-refractivity contribution < 1.29 is 9.90 Å². The van der Waals surface area contributed by atoms with Gasteiger partial charge in [-0.15, -0.1) is 0 Å². The zero-order valence-electron chi connectivity index (χ0n) is 11.3. The first-order valence-electron chi connectivity index (χ1n) is 6.25. The summed E-state index contributed by atoms with van der Waals surface area (Å²) in [6, 6.07) is 9.00. The van der Waals surface area contributed by atoms with Gasteiger partial charge in [-0.05, 0) is 44.0 Å². The second kappa shape index (κ2) is 6.01. The number of benzene rings is 1. The fraction of sp³-hybridized carbons (Fsp3) is 0.267. The van der Waals surface area contributed by atoms with Gasteiger partial charge in [0.2, 0.25) is 0 Å². The van der Waals surface area contributed by atoms with Crippen LogP contribution in [0.2, 0.25) is 5.02 Å². The maximum Gasteiger partial charge on any atom is 0.314 e. The normalized spacial score (nSPS) is 12.2. The van der Waals surface area contributed by atoms with Crippen molar-refractivity contribution in [1.82, 2.24) is 9.97 Å². The second-order valence-electron chi connectivity index (χ2n) is 4.73. The smallest absolute Gasteiger partial charge is 0.314 e. The molecule has 0 aliphatic heterocycles. The van der Waals surface area contributed by atoms with Gasteiger partial charge in [0.25, 0.3) is 0 Å². The summed E-state index contributed by atoms with van der Waals surface area (Å²) in [5, 5.41) is 10.0. The Balaban J connectivity index is 2.34. The van der Waals surface area contributed by atoms with Crippen LogP contribution in [-0.4, -0.2) is 21.0 Å². The molecule has 0 radical (unpaired) electrons. The minimum Gasteiger partial charge on any atom is -0.481 e. The van der Waals surface area contributed by atoms with Crippen LogP contribution in [0.25, 0.3) is 0 Å². The third-order valence-corrected chi connectivity index (χ3v) is 3.17. The van der Waals surface area contributed by atoms with Crippen molar-refractivity contribution in [3.8, 4) is 0 Å². The molecule has 2 aromatic rings. The Morgan fingerprint density at radius 3 is 2.45 bits per heavy atom. The fourth-order valence-corrected chi connectivity index (χ4v) is 2.31. The summed E-state index contributed by atoms with van der Waals surface area (Å²) in [5.41, 5.74) is 2.39. The van der Waals surface area contributed by atoms with Gasteiger partial charge in [-0.2, -0.15) is 0 Å². The minimum atomic E-state index is -0.935. The molecule has 0 aliphatic carbocycles. The Morgan fingerprint density at radius 2 is 1.90 bits per heavy atom. The molecule has 0 saturated carbocycles. The monoisotopic (exact) mass is 290 g/mol. The average molecular weight is 291 g/mol. The quantitative estimate of drug-likeness (QED) is 0.939. The van der Waals surface area contributed by atoms with Crippen LogP contribution in [0.1, 0.15) is 28.7 Å². The molecular formula is C15H15ClN2O2. The van der Waals surface area contributed by atoms with E-state index in [4.69, 9.17) is 11.6 Å². The van der Waals surface area contributed by atoms with E-state index < -0.39 is 11.9 Å². The number of carboxylic acids is 1. The van der Waals surface area contributed by atoms with Crippen molar-refractivity contribution >= 4 is 17.6 Å². The maximum absolute atomic E-state index is 11.5. The van der Waals surface area contributed by atoms with E-state index in [1.807, 2.05) is 26.0 Å². The lowest BCUT2D eigenvalue weighted by molar-refractivity contribution is -0.139. The molecule has 0 spiro atoms. The lowest BCUT2D eigenvalue weighted by Gasteiger charge is -2.12. The van der Waals surface area contributed by atoms with E-state index in [1.54, 1.807) is 18.2 Å². The number of carboxylic acid groups (broad SMARTS) is 1. The van der Waals surface area contributed by atoms with Gasteiger partial charge in [0.1, 0.15) is 11.7 Å². The average Bonchev–Trinajstić information content (AvgIpc) is 2.34. The van der Waals surface area contributed by atoms with E-state index in [0.29, 0.717) is 17.3 Å². The summed E-state index contributed by atoms with van der Waals surface area (Å²) >= 11 is 5.93. The van der Waals surface area contributed by atoms with Gasteiger partial charge in [0, 0.05) is 16.4 Å². The van der Waals surface area contributed by atoms with Crippen molar-refractivity contribution in [3.05, 3.63) is 58.1 Å². The number of nitrogens with zero attached hydrogens (tertiary/aromatic N) is 2. The highest BCUT2D eigenvalue weighted by Crippen LogP contribution is 2.21. The standard InChI is InChI=1S/C15H15ClN2O2/c1-9-6-10(2)18-14(17-9)13(15(19)20)8-11-4-3-5-12(16)7-11/h3-7,13H,8H2,1-2H3,(H,19,20). The molecule has 0 fully saturated rings. The van der Waals surface area contributed by atoms with Crippen molar-refractivity contribution in [1.29, 1.82) is 0 Å². The number of halogens is 1. The molecule has 0 amide bonds. The zero-order chi connectivity index (χ0) is 14.7. The van der Waals surface area contributed by atoms with E-state index in [-0.39, 0.29) is 0 Å². The van der Waals surface area contributed by atoms with Crippen LogP contribution in [-0.2, 0) is 11.2 Å². The van der Waals surface area contributed by atoms with Crippen molar-refractivity contribution in [2.45, 2.75) is 26.2 Å². The van der Waals surface area contributed by atoms with E-state index in [0.717, 1.165) is 17.0 Å². The molecule has 0 bridgehead atoms. The molecule has 4 nitrogen and oxygen atoms in total. The SMILES string of the molecule is Cc1cc(C)nc(C(Cc2cccc(Cl)c2)C(=O)O)n1. The predicted octanol–water partition coefficient (Wildman–Crippen LogP) is 3.16. The van der Waals surface area contributed by atoms with Gasteiger partial charge in [0.05, 0.1) is 0 Å². The topological polar surface area (TPSA) is 63.1 Å². The molecule has 1 N–H and O–H groups in total. The first-order chi connectivity index (χ1) is 9.45. The molecule has 0 aliphatic rings. The highest BCUT2D eigenvalue weighted by molar-refractivity contribution is 6.30. The van der Waals surface area contributed by atoms with Gasteiger partial charge in [-0.1, -0.05) is 23.7 Å². The predicted molar refractivity (Wildman–Crippen MR) is 77.0 cm³/mol. The summed E-state index contributed by atoms with van der Waals surface area (Å²) in [6.45, 7) is 3.66.